The van der Waals surface area contributed by atoms with E-state index in [9.17, 15) is 18.0 Å². The zero-order chi connectivity index (χ0) is 12.9. The third-order valence-electron chi connectivity index (χ3n) is 2.15. The van der Waals surface area contributed by atoms with E-state index in [-0.39, 0.29) is 13.0 Å². The molecule has 0 bridgehead atoms. The summed E-state index contributed by atoms with van der Waals surface area (Å²) in [5.41, 5.74) is 1.54. The fourth-order valence-corrected chi connectivity index (χ4v) is 1.25. The lowest BCUT2D eigenvalue weighted by Gasteiger charge is -2.09. The predicted molar refractivity (Wildman–Crippen MR) is 59.2 cm³/mol. The van der Waals surface area contributed by atoms with Gasteiger partial charge in [0.2, 0.25) is 0 Å². The van der Waals surface area contributed by atoms with Gasteiger partial charge >= 0.3 is 12.1 Å². The summed E-state index contributed by atoms with van der Waals surface area (Å²) in [6.07, 6.45) is -4.54. The van der Waals surface area contributed by atoms with Crippen molar-refractivity contribution in [1.29, 1.82) is 0 Å². The van der Waals surface area contributed by atoms with Crippen molar-refractivity contribution in [3.63, 3.8) is 0 Å². The van der Waals surface area contributed by atoms with Crippen LogP contribution >= 0.6 is 0 Å². The Balaban J connectivity index is 2.38. The number of halogens is 3. The Hall–Kier alpha value is -1.78. The molecule has 0 spiro atoms. The molecule has 5 heteroatoms. The minimum Gasteiger partial charge on any atom is -0.348 e. The van der Waals surface area contributed by atoms with Gasteiger partial charge in [0.05, 0.1) is 0 Å². The summed E-state index contributed by atoms with van der Waals surface area (Å²) in [6.45, 7) is 3.67. The first-order chi connectivity index (χ1) is 7.91. The molecule has 1 aromatic carbocycles. The first kappa shape index (κ1) is 13.3. The van der Waals surface area contributed by atoms with E-state index in [0.29, 0.717) is 5.57 Å². The standard InChI is InChI=1S/C12H12F3NO/c1-9(10-5-3-2-4-6-10)7-8-16-11(17)12(13,14)15/h2-6H,1,7-8H2,(H,16,17). The highest BCUT2D eigenvalue weighted by atomic mass is 19.4. The number of benzene rings is 1. The van der Waals surface area contributed by atoms with Crippen LogP contribution in [0.15, 0.2) is 36.9 Å². The molecule has 0 unspecified atom stereocenters. The van der Waals surface area contributed by atoms with Gasteiger partial charge in [0.1, 0.15) is 0 Å². The summed E-state index contributed by atoms with van der Waals surface area (Å²) in [5.74, 6) is -1.92. The van der Waals surface area contributed by atoms with Gasteiger partial charge in [0, 0.05) is 6.54 Å². The van der Waals surface area contributed by atoms with E-state index in [1.807, 2.05) is 30.3 Å². The highest BCUT2D eigenvalue weighted by Crippen LogP contribution is 2.16. The van der Waals surface area contributed by atoms with Crippen LogP contribution in [0.3, 0.4) is 0 Å². The number of hydrogen-bond donors (Lipinski definition) is 1. The summed E-state index contributed by atoms with van der Waals surface area (Å²) in [5, 5.41) is 1.80. The Bertz CT molecular complexity index is 398. The molecule has 17 heavy (non-hydrogen) atoms. The summed E-state index contributed by atoms with van der Waals surface area (Å²) < 4.78 is 35.6. The number of carbonyl (C=O) groups excluding carboxylic acids is 1. The minimum absolute atomic E-state index is 0.0773. The Morgan fingerprint density at radius 2 is 1.82 bits per heavy atom. The molecule has 0 fully saturated rings. The molecule has 2 nitrogen and oxygen atoms in total. The van der Waals surface area contributed by atoms with Crippen molar-refractivity contribution >= 4 is 11.5 Å². The van der Waals surface area contributed by atoms with Crippen LogP contribution in [0, 0.1) is 0 Å². The second-order valence-electron chi connectivity index (χ2n) is 3.47. The first-order valence-electron chi connectivity index (χ1n) is 4.99. The van der Waals surface area contributed by atoms with Crippen molar-refractivity contribution in [2.75, 3.05) is 6.54 Å². The fourth-order valence-electron chi connectivity index (χ4n) is 1.25. The van der Waals surface area contributed by atoms with Crippen LogP contribution in [-0.4, -0.2) is 18.6 Å². The van der Waals surface area contributed by atoms with Crippen LogP contribution < -0.4 is 5.32 Å². The van der Waals surface area contributed by atoms with Gasteiger partial charge in [-0.05, 0) is 17.6 Å². The molecule has 0 aliphatic carbocycles. The van der Waals surface area contributed by atoms with Crippen molar-refractivity contribution < 1.29 is 18.0 Å². The second kappa shape index (κ2) is 5.52. The van der Waals surface area contributed by atoms with Gasteiger partial charge in [-0.2, -0.15) is 13.2 Å². The maximum Gasteiger partial charge on any atom is 0.471 e. The van der Waals surface area contributed by atoms with Crippen LogP contribution in [0.4, 0.5) is 13.2 Å². The second-order valence-corrected chi connectivity index (χ2v) is 3.47. The molecule has 92 valence electrons. The molecule has 0 heterocycles. The Morgan fingerprint density at radius 3 is 2.35 bits per heavy atom. The van der Waals surface area contributed by atoms with Crippen LogP contribution in [0.1, 0.15) is 12.0 Å². The van der Waals surface area contributed by atoms with E-state index < -0.39 is 12.1 Å². The van der Waals surface area contributed by atoms with Crippen LogP contribution in [0.2, 0.25) is 0 Å². The largest absolute Gasteiger partial charge is 0.471 e. The third kappa shape index (κ3) is 4.30. The molecule has 0 saturated heterocycles. The average Bonchev–Trinajstić information content (AvgIpc) is 2.28. The van der Waals surface area contributed by atoms with Gasteiger partial charge in [0.25, 0.3) is 0 Å². The maximum atomic E-state index is 11.9. The van der Waals surface area contributed by atoms with E-state index in [1.54, 1.807) is 5.32 Å². The van der Waals surface area contributed by atoms with E-state index in [2.05, 4.69) is 6.58 Å². The van der Waals surface area contributed by atoms with Crippen molar-refractivity contribution in [2.45, 2.75) is 12.6 Å². The number of carbonyl (C=O) groups is 1. The average molecular weight is 243 g/mol. The third-order valence-corrected chi connectivity index (χ3v) is 2.15. The minimum atomic E-state index is -4.83. The van der Waals surface area contributed by atoms with Crippen molar-refractivity contribution in [2.24, 2.45) is 0 Å². The smallest absolute Gasteiger partial charge is 0.348 e. The van der Waals surface area contributed by atoms with Crippen LogP contribution in [0.5, 0.6) is 0 Å². The molecule has 0 aliphatic heterocycles. The monoisotopic (exact) mass is 243 g/mol. The molecule has 0 saturated carbocycles. The topological polar surface area (TPSA) is 29.1 Å². The van der Waals surface area contributed by atoms with Crippen LogP contribution in [-0.2, 0) is 4.79 Å². The van der Waals surface area contributed by atoms with E-state index in [4.69, 9.17) is 0 Å². The predicted octanol–water partition coefficient (Wildman–Crippen LogP) is 2.77. The van der Waals surface area contributed by atoms with Crippen molar-refractivity contribution in [3.05, 3.63) is 42.5 Å². The summed E-state index contributed by atoms with van der Waals surface area (Å²) in [4.78, 5) is 10.5. The van der Waals surface area contributed by atoms with Gasteiger partial charge in [-0.1, -0.05) is 36.9 Å². The molecular formula is C12H12F3NO. The zero-order valence-corrected chi connectivity index (χ0v) is 9.05. The van der Waals surface area contributed by atoms with Crippen molar-refractivity contribution in [1.82, 2.24) is 5.32 Å². The quantitative estimate of drug-likeness (QED) is 0.865. The first-order valence-corrected chi connectivity index (χ1v) is 4.99. The molecule has 0 radical (unpaired) electrons. The number of alkyl halides is 3. The molecule has 1 rings (SSSR count). The highest BCUT2D eigenvalue weighted by Gasteiger charge is 2.38. The lowest BCUT2D eigenvalue weighted by atomic mass is 10.1. The Labute approximate surface area is 97.1 Å². The van der Waals surface area contributed by atoms with Crippen molar-refractivity contribution in [3.8, 4) is 0 Å². The molecular weight excluding hydrogens is 231 g/mol. The van der Waals surface area contributed by atoms with Gasteiger partial charge in [-0.15, -0.1) is 0 Å². The SMILES string of the molecule is C=C(CCNC(=O)C(F)(F)F)c1ccccc1. The van der Waals surface area contributed by atoms with E-state index in [1.165, 1.54) is 0 Å². The molecule has 1 N–H and O–H groups in total. The highest BCUT2D eigenvalue weighted by molar-refractivity contribution is 5.81. The molecule has 1 aromatic rings. The lowest BCUT2D eigenvalue weighted by Crippen LogP contribution is -2.37. The molecule has 0 aliphatic rings. The van der Waals surface area contributed by atoms with E-state index >= 15 is 0 Å². The number of amides is 1. The van der Waals surface area contributed by atoms with Gasteiger partial charge < -0.3 is 5.32 Å². The van der Waals surface area contributed by atoms with Gasteiger partial charge in [-0.3, -0.25) is 4.79 Å². The Morgan fingerprint density at radius 1 is 1.24 bits per heavy atom. The fraction of sp³-hybridized carbons (Fsp3) is 0.250. The number of nitrogens with one attached hydrogen (secondary N) is 1. The summed E-state index contributed by atoms with van der Waals surface area (Å²) >= 11 is 0. The molecule has 1 amide bonds. The summed E-state index contributed by atoms with van der Waals surface area (Å²) in [6, 6.07) is 9.09. The molecule has 0 aromatic heterocycles. The van der Waals surface area contributed by atoms with Gasteiger partial charge in [-0.25, -0.2) is 0 Å². The number of hydrogen-bond acceptors (Lipinski definition) is 1. The lowest BCUT2D eigenvalue weighted by molar-refractivity contribution is -0.173. The zero-order valence-electron chi connectivity index (χ0n) is 9.05. The van der Waals surface area contributed by atoms with Crippen LogP contribution in [0.25, 0.3) is 5.57 Å². The normalized spacial score (nSPS) is 11.0. The molecule has 0 atom stereocenters. The van der Waals surface area contributed by atoms with Gasteiger partial charge in [0.15, 0.2) is 0 Å². The maximum absolute atomic E-state index is 11.9. The Kier molecular flexibility index (Phi) is 4.31. The van der Waals surface area contributed by atoms with E-state index in [0.717, 1.165) is 5.56 Å². The summed E-state index contributed by atoms with van der Waals surface area (Å²) in [7, 11) is 0. The number of rotatable bonds is 4.